The molecule has 0 spiro atoms. The summed E-state index contributed by atoms with van der Waals surface area (Å²) < 4.78 is 0. The van der Waals surface area contributed by atoms with Crippen molar-refractivity contribution in [3.05, 3.63) is 0 Å². The van der Waals surface area contributed by atoms with Crippen LogP contribution in [0.1, 0.15) is 78.1 Å². The van der Waals surface area contributed by atoms with E-state index in [9.17, 15) is 0 Å². The van der Waals surface area contributed by atoms with E-state index in [1.165, 1.54) is 64.2 Å². The molecule has 106 valence electrons. The van der Waals surface area contributed by atoms with Crippen LogP contribution < -0.4 is 5.32 Å². The van der Waals surface area contributed by atoms with E-state index in [0.29, 0.717) is 0 Å². The summed E-state index contributed by atoms with van der Waals surface area (Å²) in [7, 11) is 0. The smallest absolute Gasteiger partial charge is 0.0123 e. The standard InChI is InChI=1S/C17H33N/c1-3-5-7-14-10-12-16(13-11-14)17(18-4-2)15-8-6-9-15/h14-18H,3-13H2,1-2H3. The Morgan fingerprint density at radius 1 is 0.944 bits per heavy atom. The minimum atomic E-state index is 0.857. The van der Waals surface area contributed by atoms with Gasteiger partial charge in [-0.15, -0.1) is 0 Å². The van der Waals surface area contributed by atoms with Crippen LogP contribution >= 0.6 is 0 Å². The van der Waals surface area contributed by atoms with Gasteiger partial charge in [-0.25, -0.2) is 0 Å². The van der Waals surface area contributed by atoms with E-state index in [4.69, 9.17) is 0 Å². The lowest BCUT2D eigenvalue weighted by atomic mass is 9.69. The van der Waals surface area contributed by atoms with Crippen molar-refractivity contribution in [1.82, 2.24) is 5.32 Å². The zero-order valence-corrected chi connectivity index (χ0v) is 12.6. The lowest BCUT2D eigenvalue weighted by Gasteiger charge is -2.42. The molecule has 1 unspecified atom stereocenters. The van der Waals surface area contributed by atoms with Crippen molar-refractivity contribution in [3.8, 4) is 0 Å². The third-order valence-electron chi connectivity index (χ3n) is 5.46. The highest BCUT2D eigenvalue weighted by Crippen LogP contribution is 2.40. The Balaban J connectivity index is 1.75. The van der Waals surface area contributed by atoms with Gasteiger partial charge in [0.2, 0.25) is 0 Å². The predicted molar refractivity (Wildman–Crippen MR) is 79.8 cm³/mol. The Morgan fingerprint density at radius 3 is 2.11 bits per heavy atom. The Morgan fingerprint density at radius 2 is 1.61 bits per heavy atom. The summed E-state index contributed by atoms with van der Waals surface area (Å²) in [6.45, 7) is 5.76. The first-order chi connectivity index (χ1) is 8.85. The molecule has 18 heavy (non-hydrogen) atoms. The van der Waals surface area contributed by atoms with Gasteiger partial charge in [0.25, 0.3) is 0 Å². The van der Waals surface area contributed by atoms with Crippen LogP contribution in [-0.2, 0) is 0 Å². The third-order valence-corrected chi connectivity index (χ3v) is 5.46. The molecule has 2 rings (SSSR count). The molecule has 1 nitrogen and oxygen atoms in total. The molecule has 2 aliphatic carbocycles. The quantitative estimate of drug-likeness (QED) is 0.688. The zero-order valence-electron chi connectivity index (χ0n) is 12.6. The average Bonchev–Trinajstić information content (AvgIpc) is 2.34. The highest BCUT2D eigenvalue weighted by Gasteiger charge is 2.34. The van der Waals surface area contributed by atoms with Crippen LogP contribution in [0.4, 0.5) is 0 Å². The van der Waals surface area contributed by atoms with Gasteiger partial charge in [0.1, 0.15) is 0 Å². The summed E-state index contributed by atoms with van der Waals surface area (Å²) in [6, 6.07) is 0.857. The van der Waals surface area contributed by atoms with Crippen LogP contribution in [-0.4, -0.2) is 12.6 Å². The second kappa shape index (κ2) is 7.53. The maximum absolute atomic E-state index is 3.81. The van der Waals surface area contributed by atoms with Crippen LogP contribution in [0.15, 0.2) is 0 Å². The Hall–Kier alpha value is -0.0400. The molecular weight excluding hydrogens is 218 g/mol. The van der Waals surface area contributed by atoms with Crippen molar-refractivity contribution in [2.75, 3.05) is 6.54 Å². The maximum atomic E-state index is 3.81. The van der Waals surface area contributed by atoms with Gasteiger partial charge >= 0.3 is 0 Å². The Bertz CT molecular complexity index is 214. The Kier molecular flexibility index (Phi) is 6.01. The normalized spacial score (nSPS) is 31.0. The van der Waals surface area contributed by atoms with Gasteiger partial charge in [-0.05, 0) is 50.0 Å². The molecule has 0 aliphatic heterocycles. The Labute approximate surface area is 114 Å². The highest BCUT2D eigenvalue weighted by atomic mass is 14.9. The van der Waals surface area contributed by atoms with Gasteiger partial charge in [-0.3, -0.25) is 0 Å². The zero-order chi connectivity index (χ0) is 12.8. The largest absolute Gasteiger partial charge is 0.314 e. The molecule has 2 aliphatic rings. The summed E-state index contributed by atoms with van der Waals surface area (Å²) in [5.74, 6) is 3.07. The van der Waals surface area contributed by atoms with Crippen molar-refractivity contribution < 1.29 is 0 Å². The SMILES string of the molecule is CCCCC1CCC(C(NCC)C2CCC2)CC1. The fourth-order valence-electron chi connectivity index (χ4n) is 4.08. The minimum Gasteiger partial charge on any atom is -0.314 e. The fraction of sp³-hybridized carbons (Fsp3) is 1.00. The molecule has 1 N–H and O–H groups in total. The first-order valence-electron chi connectivity index (χ1n) is 8.58. The van der Waals surface area contributed by atoms with E-state index in [1.807, 2.05) is 0 Å². The summed E-state index contributed by atoms with van der Waals surface area (Å²) in [4.78, 5) is 0. The van der Waals surface area contributed by atoms with Crippen molar-refractivity contribution in [2.24, 2.45) is 17.8 Å². The highest BCUT2D eigenvalue weighted by molar-refractivity contribution is 4.89. The van der Waals surface area contributed by atoms with Gasteiger partial charge in [0.15, 0.2) is 0 Å². The van der Waals surface area contributed by atoms with E-state index >= 15 is 0 Å². The molecule has 0 aromatic heterocycles. The van der Waals surface area contributed by atoms with E-state index in [0.717, 1.165) is 30.3 Å². The van der Waals surface area contributed by atoms with E-state index in [1.54, 1.807) is 0 Å². The molecule has 1 heteroatoms. The maximum Gasteiger partial charge on any atom is 0.0123 e. The van der Waals surface area contributed by atoms with Gasteiger partial charge in [0, 0.05) is 6.04 Å². The van der Waals surface area contributed by atoms with Gasteiger partial charge in [-0.2, -0.15) is 0 Å². The van der Waals surface area contributed by atoms with E-state index in [-0.39, 0.29) is 0 Å². The lowest BCUT2D eigenvalue weighted by Crippen LogP contribution is -2.46. The second-order valence-electron chi connectivity index (χ2n) is 6.70. The molecule has 0 aromatic carbocycles. The first-order valence-corrected chi connectivity index (χ1v) is 8.58. The lowest BCUT2D eigenvalue weighted by molar-refractivity contribution is 0.130. The number of hydrogen-bond acceptors (Lipinski definition) is 1. The third kappa shape index (κ3) is 3.73. The molecule has 0 amide bonds. The summed E-state index contributed by atoms with van der Waals surface area (Å²) >= 11 is 0. The summed E-state index contributed by atoms with van der Waals surface area (Å²) in [5.41, 5.74) is 0. The molecule has 2 fully saturated rings. The van der Waals surface area contributed by atoms with Crippen LogP contribution in [0.3, 0.4) is 0 Å². The van der Waals surface area contributed by atoms with E-state index in [2.05, 4.69) is 19.2 Å². The predicted octanol–water partition coefficient (Wildman–Crippen LogP) is 4.76. The molecule has 0 bridgehead atoms. The van der Waals surface area contributed by atoms with Crippen molar-refractivity contribution in [2.45, 2.75) is 84.1 Å². The molecule has 0 aromatic rings. The molecule has 0 heterocycles. The van der Waals surface area contributed by atoms with Crippen LogP contribution in [0.25, 0.3) is 0 Å². The van der Waals surface area contributed by atoms with Crippen LogP contribution in [0.5, 0.6) is 0 Å². The fourth-order valence-corrected chi connectivity index (χ4v) is 4.08. The molecule has 2 saturated carbocycles. The van der Waals surface area contributed by atoms with Crippen LogP contribution in [0.2, 0.25) is 0 Å². The monoisotopic (exact) mass is 251 g/mol. The van der Waals surface area contributed by atoms with Gasteiger partial charge in [0.05, 0.1) is 0 Å². The number of hydrogen-bond donors (Lipinski definition) is 1. The van der Waals surface area contributed by atoms with Crippen LogP contribution in [0, 0.1) is 17.8 Å². The molecule has 0 saturated heterocycles. The summed E-state index contributed by atoms with van der Waals surface area (Å²) in [5, 5.41) is 3.81. The molecule has 0 radical (unpaired) electrons. The average molecular weight is 251 g/mol. The van der Waals surface area contributed by atoms with Crippen molar-refractivity contribution in [1.29, 1.82) is 0 Å². The van der Waals surface area contributed by atoms with Crippen molar-refractivity contribution >= 4 is 0 Å². The van der Waals surface area contributed by atoms with Gasteiger partial charge in [-0.1, -0.05) is 52.4 Å². The minimum absolute atomic E-state index is 0.857. The number of rotatable bonds is 7. The van der Waals surface area contributed by atoms with Gasteiger partial charge < -0.3 is 5.32 Å². The van der Waals surface area contributed by atoms with Crippen molar-refractivity contribution in [3.63, 3.8) is 0 Å². The topological polar surface area (TPSA) is 12.0 Å². The first kappa shape index (κ1) is 14.4. The number of unbranched alkanes of at least 4 members (excludes halogenated alkanes) is 1. The summed E-state index contributed by atoms with van der Waals surface area (Å²) in [6.07, 6.45) is 14.8. The van der Waals surface area contributed by atoms with E-state index < -0.39 is 0 Å². The second-order valence-corrected chi connectivity index (χ2v) is 6.70. The molecular formula is C17H33N. The molecule has 1 atom stereocenters. The number of nitrogens with one attached hydrogen (secondary N) is 1.